The van der Waals surface area contributed by atoms with Gasteiger partial charge in [-0.15, -0.1) is 0 Å². The van der Waals surface area contributed by atoms with Gasteiger partial charge in [0.25, 0.3) is 5.91 Å². The molecule has 0 spiro atoms. The number of halogens is 1. The summed E-state index contributed by atoms with van der Waals surface area (Å²) in [5.41, 5.74) is 6.38. The van der Waals surface area contributed by atoms with Crippen molar-refractivity contribution in [2.24, 2.45) is 0 Å². The monoisotopic (exact) mass is 519 g/mol. The molecular weight excluding hydrogens is 498 g/mol. The molecule has 1 aromatic heterocycles. The predicted octanol–water partition coefficient (Wildman–Crippen LogP) is 6.46. The minimum atomic E-state index is -0.442. The molecule has 2 aliphatic heterocycles. The molecule has 0 bridgehead atoms. The van der Waals surface area contributed by atoms with Gasteiger partial charge < -0.3 is 9.30 Å². The lowest BCUT2D eigenvalue weighted by atomic mass is 9.87. The first-order valence-electron chi connectivity index (χ1n) is 12.2. The molecule has 186 valence electrons. The maximum Gasteiger partial charge on any atom is 0.279 e. The van der Waals surface area contributed by atoms with Crippen LogP contribution in [0.5, 0.6) is 5.75 Å². The number of ether oxygens (including phenoxy) is 1. The molecule has 7 nitrogen and oxygen atoms in total. The molecule has 8 heteroatoms. The lowest BCUT2D eigenvalue weighted by Crippen LogP contribution is -2.33. The molecule has 0 saturated carbocycles. The SMILES string of the molecule is COc1ccc(CC#N)cc1-c1nc2c(n1C(C)C)C1c3ccc(C#N)cc3-c3c(Cl)cccc3N1C2=O. The van der Waals surface area contributed by atoms with Crippen LogP contribution in [-0.2, 0) is 6.42 Å². The highest BCUT2D eigenvalue weighted by molar-refractivity contribution is 6.34. The molecular formula is C30H22ClN5O2. The summed E-state index contributed by atoms with van der Waals surface area (Å²) < 4.78 is 7.75. The molecule has 0 radical (unpaired) electrons. The average molecular weight is 520 g/mol. The highest BCUT2D eigenvalue weighted by Crippen LogP contribution is 2.54. The molecule has 1 amide bonds. The van der Waals surface area contributed by atoms with Crippen LogP contribution in [-0.4, -0.2) is 22.6 Å². The lowest BCUT2D eigenvalue weighted by molar-refractivity contribution is 0.0989. The quantitative estimate of drug-likeness (QED) is 0.308. The number of benzene rings is 3. The van der Waals surface area contributed by atoms with Crippen LogP contribution >= 0.6 is 11.6 Å². The van der Waals surface area contributed by atoms with E-state index in [1.807, 2.05) is 42.5 Å². The van der Waals surface area contributed by atoms with Gasteiger partial charge in [-0.2, -0.15) is 10.5 Å². The first kappa shape index (κ1) is 23.8. The third kappa shape index (κ3) is 3.26. The summed E-state index contributed by atoms with van der Waals surface area (Å²) >= 11 is 6.67. The normalized spacial score (nSPS) is 14.9. The second-order valence-electron chi connectivity index (χ2n) is 9.63. The highest BCUT2D eigenvalue weighted by Gasteiger charge is 2.48. The molecule has 0 fully saturated rings. The van der Waals surface area contributed by atoms with Crippen LogP contribution in [0.3, 0.4) is 0 Å². The molecule has 1 unspecified atom stereocenters. The van der Waals surface area contributed by atoms with Crippen molar-refractivity contribution in [3.05, 3.63) is 87.7 Å². The van der Waals surface area contributed by atoms with Gasteiger partial charge >= 0.3 is 0 Å². The van der Waals surface area contributed by atoms with Gasteiger partial charge in [-0.3, -0.25) is 9.69 Å². The highest BCUT2D eigenvalue weighted by atomic mass is 35.5. The minimum absolute atomic E-state index is 0.0408. The number of hydrogen-bond acceptors (Lipinski definition) is 5. The second kappa shape index (κ2) is 8.76. The fourth-order valence-corrected chi connectivity index (χ4v) is 5.93. The van der Waals surface area contributed by atoms with Crippen molar-refractivity contribution in [3.63, 3.8) is 0 Å². The van der Waals surface area contributed by atoms with Crippen LogP contribution in [0.1, 0.15) is 58.8 Å². The Bertz CT molecular complexity index is 1740. The first-order chi connectivity index (χ1) is 18.4. The van der Waals surface area contributed by atoms with E-state index in [9.17, 15) is 15.3 Å². The number of nitrogens with zero attached hydrogens (tertiary/aromatic N) is 5. The molecule has 3 heterocycles. The Kier molecular flexibility index (Phi) is 5.48. The average Bonchev–Trinajstić information content (AvgIpc) is 3.44. The van der Waals surface area contributed by atoms with E-state index in [0.29, 0.717) is 33.5 Å². The van der Waals surface area contributed by atoms with Crippen molar-refractivity contribution < 1.29 is 9.53 Å². The van der Waals surface area contributed by atoms with Gasteiger partial charge in [-0.1, -0.05) is 29.8 Å². The van der Waals surface area contributed by atoms with Gasteiger partial charge in [0.1, 0.15) is 17.6 Å². The number of aromatic nitrogens is 2. The molecule has 38 heavy (non-hydrogen) atoms. The maximum atomic E-state index is 14.1. The van der Waals surface area contributed by atoms with Crippen LogP contribution in [0.4, 0.5) is 5.69 Å². The van der Waals surface area contributed by atoms with Crippen LogP contribution in [0, 0.1) is 22.7 Å². The fraction of sp³-hybridized carbons (Fsp3) is 0.200. The third-order valence-corrected chi connectivity index (χ3v) is 7.50. The van der Waals surface area contributed by atoms with Crippen LogP contribution in [0.25, 0.3) is 22.5 Å². The molecule has 2 aliphatic rings. The summed E-state index contributed by atoms with van der Waals surface area (Å²) in [6.45, 7) is 4.11. The Morgan fingerprint density at radius 1 is 1.11 bits per heavy atom. The number of rotatable bonds is 4. The van der Waals surface area contributed by atoms with Crippen molar-refractivity contribution >= 4 is 23.2 Å². The van der Waals surface area contributed by atoms with Crippen LogP contribution < -0.4 is 9.64 Å². The number of carbonyl (C=O) groups excluding carboxylic acids is 1. The Morgan fingerprint density at radius 3 is 2.63 bits per heavy atom. The van der Waals surface area contributed by atoms with Gasteiger partial charge in [0.2, 0.25) is 0 Å². The molecule has 0 N–H and O–H groups in total. The number of methoxy groups -OCH3 is 1. The number of imidazole rings is 1. The fourth-order valence-electron chi connectivity index (χ4n) is 5.66. The summed E-state index contributed by atoms with van der Waals surface area (Å²) in [5, 5.41) is 19.4. The Morgan fingerprint density at radius 2 is 1.92 bits per heavy atom. The summed E-state index contributed by atoms with van der Waals surface area (Å²) in [5.74, 6) is 1.01. The zero-order chi connectivity index (χ0) is 26.7. The van der Waals surface area contributed by atoms with Crippen LogP contribution in [0.2, 0.25) is 5.02 Å². The Labute approximate surface area is 225 Å². The van der Waals surface area contributed by atoms with Gasteiger partial charge in [0.15, 0.2) is 5.69 Å². The van der Waals surface area contributed by atoms with Crippen molar-refractivity contribution in [2.45, 2.75) is 32.4 Å². The number of amides is 1. The Hall–Kier alpha value is -4.59. The van der Waals surface area contributed by atoms with Crippen molar-refractivity contribution in [1.82, 2.24) is 9.55 Å². The summed E-state index contributed by atoms with van der Waals surface area (Å²) in [6, 6.07) is 20.6. The molecule has 4 aromatic rings. The van der Waals surface area contributed by atoms with Gasteiger partial charge in [-0.25, -0.2) is 4.98 Å². The van der Waals surface area contributed by atoms with E-state index in [1.54, 1.807) is 24.1 Å². The lowest BCUT2D eigenvalue weighted by Gasteiger charge is -2.35. The standard InChI is InChI=1S/C30H22ClN5O2/c1-16(2)35-28-26(34-29(35)21-13-17(11-12-32)8-10-24(21)38-3)30(37)36-23-6-4-5-22(31)25(23)20-14-18(15-33)7-9-19(20)27(28)36/h4-10,13-14,16,27H,11H2,1-3H3. The van der Waals surface area contributed by atoms with E-state index in [1.165, 1.54) is 0 Å². The smallest absolute Gasteiger partial charge is 0.279 e. The molecule has 1 atom stereocenters. The zero-order valence-corrected chi connectivity index (χ0v) is 21.7. The number of nitriles is 2. The van der Waals surface area contributed by atoms with E-state index < -0.39 is 6.04 Å². The number of anilines is 1. The van der Waals surface area contributed by atoms with E-state index in [-0.39, 0.29) is 18.4 Å². The summed E-state index contributed by atoms with van der Waals surface area (Å²) in [4.78, 5) is 20.7. The molecule has 0 saturated heterocycles. The topological polar surface area (TPSA) is 94.9 Å². The van der Waals surface area contributed by atoms with Crippen LogP contribution in [0.15, 0.2) is 54.6 Å². The van der Waals surface area contributed by atoms with Crippen molar-refractivity contribution in [2.75, 3.05) is 12.0 Å². The maximum absolute atomic E-state index is 14.1. The molecule has 0 aliphatic carbocycles. The van der Waals surface area contributed by atoms with E-state index in [4.69, 9.17) is 21.3 Å². The van der Waals surface area contributed by atoms with E-state index >= 15 is 0 Å². The zero-order valence-electron chi connectivity index (χ0n) is 21.0. The van der Waals surface area contributed by atoms with Crippen molar-refractivity contribution in [3.8, 4) is 40.4 Å². The predicted molar refractivity (Wildman–Crippen MR) is 144 cm³/mol. The number of fused-ring (bicyclic) bond motifs is 8. The van der Waals surface area contributed by atoms with Gasteiger partial charge in [-0.05, 0) is 66.9 Å². The number of hydrogen-bond donors (Lipinski definition) is 0. The van der Waals surface area contributed by atoms with Crippen molar-refractivity contribution in [1.29, 1.82) is 10.5 Å². The first-order valence-corrected chi connectivity index (χ1v) is 12.6. The molecule has 3 aromatic carbocycles. The molecule has 6 rings (SSSR count). The van der Waals surface area contributed by atoms with Gasteiger partial charge in [0.05, 0.1) is 53.2 Å². The minimum Gasteiger partial charge on any atom is -0.496 e. The number of carbonyl (C=O) groups is 1. The largest absolute Gasteiger partial charge is 0.496 e. The second-order valence-corrected chi connectivity index (χ2v) is 10.0. The van der Waals surface area contributed by atoms with Gasteiger partial charge in [0, 0.05) is 11.6 Å². The third-order valence-electron chi connectivity index (χ3n) is 7.19. The summed E-state index contributed by atoms with van der Waals surface area (Å²) in [6.07, 6.45) is 0.251. The summed E-state index contributed by atoms with van der Waals surface area (Å²) in [7, 11) is 1.59. The van der Waals surface area contributed by atoms with E-state index in [0.717, 1.165) is 33.5 Å². The Balaban J connectivity index is 1.65. The van der Waals surface area contributed by atoms with E-state index in [2.05, 4.69) is 30.6 Å².